The second-order valence-corrected chi connectivity index (χ2v) is 10.3. The second kappa shape index (κ2) is 10.8. The van der Waals surface area contributed by atoms with Crippen molar-refractivity contribution in [3.8, 4) is 0 Å². The molecule has 0 spiro atoms. The molecular weight excluding hydrogens is 426 g/mol. The van der Waals surface area contributed by atoms with Crippen molar-refractivity contribution in [2.45, 2.75) is 97.2 Å². The van der Waals surface area contributed by atoms with E-state index in [0.29, 0.717) is 17.8 Å². The van der Waals surface area contributed by atoms with Gasteiger partial charge >= 0.3 is 5.97 Å². The zero-order valence-electron chi connectivity index (χ0n) is 21.8. The quantitative estimate of drug-likeness (QED) is 0.356. The Morgan fingerprint density at radius 3 is 2.48 bits per heavy atom. The SMILES string of the molecule is CO[C@](C)(C[C@@H](C)C=O)[C@H](O[C@H]1[CH][C@H](N(C)C)C[C@@H](C)O1)[C@@H](C)C1=C(C)C(=O)OC(C)(C)O1. The summed E-state index contributed by atoms with van der Waals surface area (Å²) in [5.74, 6) is -1.65. The standard InChI is InChI=1S/C25H42NO7/c1-15(14-27)13-25(7,29-10)22(31-20-12-19(26(8)9)11-16(2)30-20)17(3)21-18(4)23(28)33-24(5,6)32-21/h12,14-17,19-20,22H,11,13H2,1-10H3/t15-,16-,17+,19-,20+,22-,25-/m1/s1. The van der Waals surface area contributed by atoms with Gasteiger partial charge in [0.1, 0.15) is 12.0 Å². The van der Waals surface area contributed by atoms with Crippen LogP contribution >= 0.6 is 0 Å². The number of carbonyl (C=O) groups is 2. The summed E-state index contributed by atoms with van der Waals surface area (Å²) in [6, 6.07) is 0.193. The molecular formula is C25H42NO7. The van der Waals surface area contributed by atoms with Gasteiger partial charge in [-0.15, -0.1) is 0 Å². The van der Waals surface area contributed by atoms with Crippen molar-refractivity contribution in [2.75, 3.05) is 21.2 Å². The number of hydrogen-bond donors (Lipinski definition) is 0. The molecule has 1 saturated heterocycles. The van der Waals surface area contributed by atoms with Crippen LogP contribution in [0.5, 0.6) is 0 Å². The maximum atomic E-state index is 12.5. The highest BCUT2D eigenvalue weighted by Crippen LogP contribution is 2.40. The van der Waals surface area contributed by atoms with Gasteiger partial charge < -0.3 is 33.4 Å². The first kappa shape index (κ1) is 27.8. The smallest absolute Gasteiger partial charge is 0.340 e. The van der Waals surface area contributed by atoms with E-state index in [1.54, 1.807) is 27.9 Å². The third kappa shape index (κ3) is 6.78. The van der Waals surface area contributed by atoms with E-state index < -0.39 is 29.8 Å². The molecule has 33 heavy (non-hydrogen) atoms. The van der Waals surface area contributed by atoms with Crippen LogP contribution in [-0.4, -0.2) is 74.3 Å². The molecule has 2 heterocycles. The highest BCUT2D eigenvalue weighted by molar-refractivity contribution is 5.89. The van der Waals surface area contributed by atoms with Crippen molar-refractivity contribution < 1.29 is 33.3 Å². The number of methoxy groups -OCH3 is 1. The number of esters is 1. The molecule has 0 aliphatic carbocycles. The molecule has 0 unspecified atom stereocenters. The van der Waals surface area contributed by atoms with Crippen LogP contribution in [0.4, 0.5) is 0 Å². The zero-order valence-corrected chi connectivity index (χ0v) is 21.8. The molecule has 0 aromatic carbocycles. The van der Waals surface area contributed by atoms with Crippen LogP contribution in [0.3, 0.4) is 0 Å². The summed E-state index contributed by atoms with van der Waals surface area (Å²) in [4.78, 5) is 26.2. The van der Waals surface area contributed by atoms with E-state index in [0.717, 1.165) is 12.7 Å². The Bertz CT molecular complexity index is 734. The van der Waals surface area contributed by atoms with Crippen LogP contribution in [-0.2, 0) is 33.3 Å². The molecule has 8 heteroatoms. The first-order chi connectivity index (χ1) is 15.2. The van der Waals surface area contributed by atoms with Crippen LogP contribution in [0.1, 0.15) is 61.3 Å². The van der Waals surface area contributed by atoms with E-state index in [-0.39, 0.29) is 24.0 Å². The molecule has 2 rings (SSSR count). The third-order valence-corrected chi connectivity index (χ3v) is 6.53. The van der Waals surface area contributed by atoms with Crippen molar-refractivity contribution in [1.29, 1.82) is 0 Å². The first-order valence-electron chi connectivity index (χ1n) is 11.7. The Hall–Kier alpha value is -1.48. The largest absolute Gasteiger partial charge is 0.456 e. The highest BCUT2D eigenvalue weighted by atomic mass is 16.7. The van der Waals surface area contributed by atoms with Crippen molar-refractivity contribution in [3.05, 3.63) is 17.8 Å². The maximum Gasteiger partial charge on any atom is 0.340 e. The van der Waals surface area contributed by atoms with Crippen LogP contribution in [0.15, 0.2) is 11.3 Å². The Morgan fingerprint density at radius 2 is 1.94 bits per heavy atom. The number of nitrogens with zero attached hydrogens (tertiary/aromatic N) is 1. The number of aldehydes is 1. The number of carbonyl (C=O) groups excluding carboxylic acids is 2. The molecule has 189 valence electrons. The lowest BCUT2D eigenvalue weighted by atomic mass is 9.81. The van der Waals surface area contributed by atoms with Gasteiger partial charge in [0, 0.05) is 45.3 Å². The van der Waals surface area contributed by atoms with Gasteiger partial charge in [-0.3, -0.25) is 0 Å². The topological polar surface area (TPSA) is 83.5 Å². The van der Waals surface area contributed by atoms with Gasteiger partial charge in [-0.25, -0.2) is 4.79 Å². The van der Waals surface area contributed by atoms with Gasteiger partial charge in [-0.1, -0.05) is 13.8 Å². The Morgan fingerprint density at radius 1 is 1.30 bits per heavy atom. The van der Waals surface area contributed by atoms with E-state index in [1.807, 2.05) is 48.2 Å². The van der Waals surface area contributed by atoms with Crippen LogP contribution in [0.25, 0.3) is 0 Å². The monoisotopic (exact) mass is 468 g/mol. The summed E-state index contributed by atoms with van der Waals surface area (Å²) in [5, 5.41) is 0. The number of cyclic esters (lactones) is 1. The van der Waals surface area contributed by atoms with Crippen molar-refractivity contribution in [3.63, 3.8) is 0 Å². The summed E-state index contributed by atoms with van der Waals surface area (Å²) in [7, 11) is 5.66. The zero-order chi connectivity index (χ0) is 25.1. The lowest BCUT2D eigenvalue weighted by Crippen LogP contribution is -2.53. The lowest BCUT2D eigenvalue weighted by molar-refractivity contribution is -0.252. The summed E-state index contributed by atoms with van der Waals surface area (Å²) < 4.78 is 30.2. The molecule has 0 amide bonds. The summed E-state index contributed by atoms with van der Waals surface area (Å²) >= 11 is 0. The van der Waals surface area contributed by atoms with Gasteiger partial charge in [0.05, 0.1) is 23.4 Å². The Kier molecular flexibility index (Phi) is 9.12. The van der Waals surface area contributed by atoms with E-state index >= 15 is 0 Å². The molecule has 0 aromatic rings. The molecule has 0 bridgehead atoms. The molecule has 8 nitrogen and oxygen atoms in total. The average molecular weight is 469 g/mol. The molecule has 2 aliphatic heterocycles. The lowest BCUT2D eigenvalue weighted by Gasteiger charge is -2.46. The highest BCUT2D eigenvalue weighted by Gasteiger charge is 2.47. The van der Waals surface area contributed by atoms with Crippen molar-refractivity contribution >= 4 is 12.3 Å². The van der Waals surface area contributed by atoms with Crippen LogP contribution in [0, 0.1) is 18.3 Å². The fraction of sp³-hybridized carbons (Fsp3) is 0.800. The minimum absolute atomic E-state index is 0.00634. The molecule has 2 aliphatic rings. The van der Waals surface area contributed by atoms with Crippen LogP contribution in [0.2, 0.25) is 0 Å². The maximum absolute atomic E-state index is 12.5. The van der Waals surface area contributed by atoms with Gasteiger partial charge in [-0.05, 0) is 47.7 Å². The molecule has 0 aromatic heterocycles. The van der Waals surface area contributed by atoms with Gasteiger partial charge in [0.15, 0.2) is 6.29 Å². The molecule has 7 atom stereocenters. The van der Waals surface area contributed by atoms with E-state index in [2.05, 4.69) is 4.90 Å². The first-order valence-corrected chi connectivity index (χ1v) is 11.7. The number of ether oxygens (including phenoxy) is 5. The summed E-state index contributed by atoms with van der Waals surface area (Å²) in [6.07, 6.45) is 3.09. The van der Waals surface area contributed by atoms with Crippen molar-refractivity contribution in [1.82, 2.24) is 4.90 Å². The second-order valence-electron chi connectivity index (χ2n) is 10.3. The van der Waals surface area contributed by atoms with E-state index in [4.69, 9.17) is 23.7 Å². The molecule has 0 N–H and O–H groups in total. The number of rotatable bonds is 10. The third-order valence-electron chi connectivity index (χ3n) is 6.53. The predicted molar refractivity (Wildman–Crippen MR) is 124 cm³/mol. The van der Waals surface area contributed by atoms with Crippen LogP contribution < -0.4 is 0 Å². The minimum Gasteiger partial charge on any atom is -0.456 e. The minimum atomic E-state index is -1.09. The summed E-state index contributed by atoms with van der Waals surface area (Å²) in [5.41, 5.74) is -0.460. The van der Waals surface area contributed by atoms with E-state index in [1.165, 1.54) is 0 Å². The van der Waals surface area contributed by atoms with Gasteiger partial charge in [-0.2, -0.15) is 0 Å². The Balaban J connectivity index is 2.45. The average Bonchev–Trinajstić information content (AvgIpc) is 2.73. The predicted octanol–water partition coefficient (Wildman–Crippen LogP) is 3.49. The van der Waals surface area contributed by atoms with Gasteiger partial charge in [0.25, 0.3) is 0 Å². The molecule has 1 radical (unpaired) electrons. The molecule has 0 saturated carbocycles. The Labute approximate surface area is 198 Å². The molecule has 1 fully saturated rings. The normalized spacial score (nSPS) is 30.2. The van der Waals surface area contributed by atoms with Crippen molar-refractivity contribution in [2.24, 2.45) is 11.8 Å². The number of hydrogen-bond acceptors (Lipinski definition) is 8. The summed E-state index contributed by atoms with van der Waals surface area (Å²) in [6.45, 7) is 12.8. The van der Waals surface area contributed by atoms with E-state index in [9.17, 15) is 9.59 Å². The fourth-order valence-corrected chi connectivity index (χ4v) is 4.66. The van der Waals surface area contributed by atoms with Gasteiger partial charge in [0.2, 0.25) is 5.79 Å². The fourth-order valence-electron chi connectivity index (χ4n) is 4.66.